The molecule has 0 unspecified atom stereocenters. The van der Waals surface area contributed by atoms with Crippen molar-refractivity contribution in [3.05, 3.63) is 59.7 Å². The third-order valence-electron chi connectivity index (χ3n) is 4.15. The normalized spacial score (nSPS) is 15.3. The monoisotopic (exact) mass is 298 g/mol. The summed E-state index contributed by atoms with van der Waals surface area (Å²) in [4.78, 5) is 11.0. The van der Waals surface area contributed by atoms with Crippen LogP contribution in [0.25, 0.3) is 0 Å². The quantitative estimate of drug-likeness (QED) is 0.857. The lowest BCUT2D eigenvalue weighted by Gasteiger charge is -2.16. The van der Waals surface area contributed by atoms with E-state index in [0.29, 0.717) is 12.4 Å². The summed E-state index contributed by atoms with van der Waals surface area (Å²) in [6.45, 7) is 0.365. The van der Waals surface area contributed by atoms with Crippen LogP contribution in [0.5, 0.6) is 11.5 Å². The fourth-order valence-electron chi connectivity index (χ4n) is 2.70. The van der Waals surface area contributed by atoms with Crippen molar-refractivity contribution in [1.29, 1.82) is 0 Å². The van der Waals surface area contributed by atoms with Crippen molar-refractivity contribution in [2.45, 2.75) is 31.3 Å². The molecule has 0 saturated heterocycles. The molecule has 0 radical (unpaired) electrons. The number of carboxylic acids is 1. The first-order chi connectivity index (χ1) is 10.6. The SMILES string of the molecule is O=C(O)CC1(c2ccc(O)c(OCc3ccccc3)c2)CC1. The van der Waals surface area contributed by atoms with Crippen LogP contribution in [-0.4, -0.2) is 16.2 Å². The number of hydrogen-bond acceptors (Lipinski definition) is 3. The van der Waals surface area contributed by atoms with Crippen LogP contribution in [0.15, 0.2) is 48.5 Å². The second-order valence-corrected chi connectivity index (χ2v) is 5.81. The second-order valence-electron chi connectivity index (χ2n) is 5.81. The van der Waals surface area contributed by atoms with Gasteiger partial charge in [-0.15, -0.1) is 0 Å². The Kier molecular flexibility index (Phi) is 3.75. The number of hydrogen-bond donors (Lipinski definition) is 2. The van der Waals surface area contributed by atoms with Gasteiger partial charge in [0.15, 0.2) is 11.5 Å². The van der Waals surface area contributed by atoms with Crippen LogP contribution in [0.2, 0.25) is 0 Å². The van der Waals surface area contributed by atoms with Gasteiger partial charge in [-0.25, -0.2) is 0 Å². The predicted octanol–water partition coefficient (Wildman–Crippen LogP) is 3.48. The first-order valence-corrected chi connectivity index (χ1v) is 7.31. The molecule has 1 aliphatic rings. The Morgan fingerprint density at radius 3 is 2.50 bits per heavy atom. The number of carbonyl (C=O) groups is 1. The predicted molar refractivity (Wildman–Crippen MR) is 82.0 cm³/mol. The average Bonchev–Trinajstić information content (AvgIpc) is 3.27. The van der Waals surface area contributed by atoms with E-state index in [2.05, 4.69) is 0 Å². The summed E-state index contributed by atoms with van der Waals surface area (Å²) >= 11 is 0. The molecule has 0 atom stereocenters. The second kappa shape index (κ2) is 5.72. The maximum Gasteiger partial charge on any atom is 0.304 e. The minimum absolute atomic E-state index is 0.0748. The molecule has 1 saturated carbocycles. The lowest BCUT2D eigenvalue weighted by atomic mass is 9.92. The summed E-state index contributed by atoms with van der Waals surface area (Å²) in [6, 6.07) is 14.8. The van der Waals surface area contributed by atoms with Gasteiger partial charge in [0.25, 0.3) is 0 Å². The van der Waals surface area contributed by atoms with Crippen LogP contribution >= 0.6 is 0 Å². The highest BCUT2D eigenvalue weighted by molar-refractivity contribution is 5.70. The van der Waals surface area contributed by atoms with Gasteiger partial charge in [0.05, 0.1) is 6.42 Å². The van der Waals surface area contributed by atoms with Gasteiger partial charge < -0.3 is 14.9 Å². The van der Waals surface area contributed by atoms with Gasteiger partial charge in [0, 0.05) is 5.41 Å². The summed E-state index contributed by atoms with van der Waals surface area (Å²) in [5.74, 6) is -0.318. The Morgan fingerprint density at radius 1 is 1.14 bits per heavy atom. The maximum atomic E-state index is 11.0. The number of benzene rings is 2. The molecule has 22 heavy (non-hydrogen) atoms. The van der Waals surface area contributed by atoms with Gasteiger partial charge in [-0.05, 0) is 36.1 Å². The number of ether oxygens (including phenoxy) is 1. The summed E-state index contributed by atoms with van der Waals surface area (Å²) in [7, 11) is 0. The number of phenolic OH excluding ortho intramolecular Hbond substituents is 1. The van der Waals surface area contributed by atoms with E-state index in [9.17, 15) is 9.90 Å². The van der Waals surface area contributed by atoms with E-state index in [4.69, 9.17) is 9.84 Å². The van der Waals surface area contributed by atoms with E-state index < -0.39 is 5.97 Å². The summed E-state index contributed by atoms with van der Waals surface area (Å²) in [6.07, 6.45) is 1.85. The van der Waals surface area contributed by atoms with Gasteiger partial charge in [-0.1, -0.05) is 36.4 Å². The first-order valence-electron chi connectivity index (χ1n) is 7.31. The van der Waals surface area contributed by atoms with Crippen LogP contribution in [0, 0.1) is 0 Å². The third-order valence-corrected chi connectivity index (χ3v) is 4.15. The zero-order valence-electron chi connectivity index (χ0n) is 12.2. The molecule has 2 aromatic rings. The minimum Gasteiger partial charge on any atom is -0.504 e. The minimum atomic E-state index is -0.794. The molecule has 0 amide bonds. The van der Waals surface area contributed by atoms with Gasteiger partial charge >= 0.3 is 5.97 Å². The van der Waals surface area contributed by atoms with E-state index in [1.54, 1.807) is 18.2 Å². The van der Waals surface area contributed by atoms with Crippen LogP contribution in [0.4, 0.5) is 0 Å². The lowest BCUT2D eigenvalue weighted by Crippen LogP contribution is -2.13. The first kappa shape index (κ1) is 14.4. The van der Waals surface area contributed by atoms with Crippen LogP contribution in [-0.2, 0) is 16.8 Å². The molecular weight excluding hydrogens is 280 g/mol. The van der Waals surface area contributed by atoms with Gasteiger partial charge in [-0.3, -0.25) is 4.79 Å². The molecule has 0 bridgehead atoms. The van der Waals surface area contributed by atoms with E-state index >= 15 is 0 Å². The Balaban J connectivity index is 1.77. The van der Waals surface area contributed by atoms with Crippen molar-refractivity contribution in [2.75, 3.05) is 0 Å². The number of aromatic hydroxyl groups is 1. The highest BCUT2D eigenvalue weighted by Gasteiger charge is 2.46. The van der Waals surface area contributed by atoms with Gasteiger partial charge in [-0.2, -0.15) is 0 Å². The summed E-state index contributed by atoms with van der Waals surface area (Å²) in [5.41, 5.74) is 1.65. The molecule has 1 aliphatic carbocycles. The fraction of sp³-hybridized carbons (Fsp3) is 0.278. The molecule has 0 spiro atoms. The number of aliphatic carboxylic acids is 1. The third kappa shape index (κ3) is 3.06. The Morgan fingerprint density at radius 2 is 1.86 bits per heavy atom. The molecular formula is C18H18O4. The Hall–Kier alpha value is -2.49. The van der Waals surface area contributed by atoms with Crippen molar-refractivity contribution in [3.8, 4) is 11.5 Å². The average molecular weight is 298 g/mol. The highest BCUT2D eigenvalue weighted by Crippen LogP contribution is 2.52. The molecule has 2 aromatic carbocycles. The molecule has 3 rings (SSSR count). The van der Waals surface area contributed by atoms with Crippen LogP contribution < -0.4 is 4.74 Å². The molecule has 0 aliphatic heterocycles. The van der Waals surface area contributed by atoms with Crippen molar-refractivity contribution in [3.63, 3.8) is 0 Å². The van der Waals surface area contributed by atoms with Crippen molar-refractivity contribution < 1.29 is 19.7 Å². The zero-order chi connectivity index (χ0) is 15.6. The van der Waals surface area contributed by atoms with Crippen LogP contribution in [0.1, 0.15) is 30.4 Å². The zero-order valence-corrected chi connectivity index (χ0v) is 12.2. The smallest absolute Gasteiger partial charge is 0.304 e. The fourth-order valence-corrected chi connectivity index (χ4v) is 2.70. The largest absolute Gasteiger partial charge is 0.504 e. The molecule has 1 fully saturated rings. The van der Waals surface area contributed by atoms with Crippen molar-refractivity contribution in [2.24, 2.45) is 0 Å². The van der Waals surface area contributed by atoms with E-state index in [1.165, 1.54) is 0 Å². The number of phenols is 1. The Bertz CT molecular complexity index is 675. The van der Waals surface area contributed by atoms with E-state index in [-0.39, 0.29) is 17.6 Å². The molecule has 0 aromatic heterocycles. The van der Waals surface area contributed by atoms with Crippen LogP contribution in [0.3, 0.4) is 0 Å². The van der Waals surface area contributed by atoms with E-state index in [1.807, 2.05) is 30.3 Å². The molecule has 4 nitrogen and oxygen atoms in total. The number of carboxylic acid groups (broad SMARTS) is 1. The molecule has 114 valence electrons. The van der Waals surface area contributed by atoms with Gasteiger partial charge in [0.2, 0.25) is 0 Å². The molecule has 4 heteroatoms. The summed E-state index contributed by atoms with van der Waals surface area (Å²) < 4.78 is 5.69. The molecule has 0 heterocycles. The number of rotatable bonds is 6. The van der Waals surface area contributed by atoms with Crippen molar-refractivity contribution in [1.82, 2.24) is 0 Å². The highest BCUT2D eigenvalue weighted by atomic mass is 16.5. The Labute approximate surface area is 129 Å². The van der Waals surface area contributed by atoms with Crippen molar-refractivity contribution >= 4 is 5.97 Å². The maximum absolute atomic E-state index is 11.0. The van der Waals surface area contributed by atoms with Gasteiger partial charge in [0.1, 0.15) is 6.61 Å². The lowest BCUT2D eigenvalue weighted by molar-refractivity contribution is -0.137. The standard InChI is InChI=1S/C18H18O4/c19-15-7-6-14(18(8-9-18)11-17(20)21)10-16(15)22-12-13-4-2-1-3-5-13/h1-7,10,19H,8-9,11-12H2,(H,20,21). The molecule has 2 N–H and O–H groups in total. The topological polar surface area (TPSA) is 66.8 Å². The van der Waals surface area contributed by atoms with E-state index in [0.717, 1.165) is 24.0 Å². The summed E-state index contributed by atoms with van der Waals surface area (Å²) in [5, 5.41) is 19.0.